The van der Waals surface area contributed by atoms with E-state index in [9.17, 15) is 9.59 Å². The molecule has 3 nitrogen and oxygen atoms in total. The van der Waals surface area contributed by atoms with Crippen molar-refractivity contribution < 1.29 is 14.3 Å². The standard InChI is InChI=1S/C22H36O3/c1-4-5-6-7-8-11-14-19-18(2)17-21(23)20(19)15-12-9-10-13-16-22(24)25-3/h9,12-13,16,18-20H,4-8,10-11,14-15,17H2,1-3H3/b12-9-,16-13+/t18?,19-,20+/m0/s1. The zero-order valence-corrected chi connectivity index (χ0v) is 16.3. The van der Waals surface area contributed by atoms with E-state index in [0.717, 1.165) is 12.8 Å². The van der Waals surface area contributed by atoms with Crippen molar-refractivity contribution in [3.63, 3.8) is 0 Å². The first kappa shape index (κ1) is 21.7. The first-order valence-corrected chi connectivity index (χ1v) is 10.0. The number of carbonyl (C=O) groups is 2. The average molecular weight is 349 g/mol. The molecule has 1 aliphatic rings. The number of unbranched alkanes of at least 4 members (excludes halogenated alkanes) is 5. The van der Waals surface area contributed by atoms with Crippen LogP contribution in [0.25, 0.3) is 0 Å². The number of carbonyl (C=O) groups excluding carboxylic acids is 2. The van der Waals surface area contributed by atoms with Crippen LogP contribution in [0.5, 0.6) is 0 Å². The van der Waals surface area contributed by atoms with E-state index in [2.05, 4.69) is 24.7 Å². The van der Waals surface area contributed by atoms with Crippen molar-refractivity contribution in [2.24, 2.45) is 17.8 Å². The van der Waals surface area contributed by atoms with E-state index >= 15 is 0 Å². The van der Waals surface area contributed by atoms with Crippen LogP contribution in [-0.2, 0) is 14.3 Å². The topological polar surface area (TPSA) is 43.4 Å². The smallest absolute Gasteiger partial charge is 0.330 e. The fourth-order valence-electron chi connectivity index (χ4n) is 3.86. The quantitative estimate of drug-likeness (QED) is 0.198. The summed E-state index contributed by atoms with van der Waals surface area (Å²) in [5.74, 6) is 1.40. The lowest BCUT2D eigenvalue weighted by atomic mass is 9.83. The summed E-state index contributed by atoms with van der Waals surface area (Å²) >= 11 is 0. The van der Waals surface area contributed by atoms with E-state index in [4.69, 9.17) is 0 Å². The van der Waals surface area contributed by atoms with Gasteiger partial charge in [0.15, 0.2) is 0 Å². The Morgan fingerprint density at radius 1 is 1.12 bits per heavy atom. The largest absolute Gasteiger partial charge is 0.466 e. The lowest BCUT2D eigenvalue weighted by Gasteiger charge is -2.20. The summed E-state index contributed by atoms with van der Waals surface area (Å²) in [5, 5.41) is 0. The van der Waals surface area contributed by atoms with Crippen LogP contribution in [0.2, 0.25) is 0 Å². The van der Waals surface area contributed by atoms with Crippen molar-refractivity contribution in [3.8, 4) is 0 Å². The Morgan fingerprint density at radius 2 is 1.84 bits per heavy atom. The molecule has 1 unspecified atom stereocenters. The van der Waals surface area contributed by atoms with E-state index in [1.807, 2.05) is 6.08 Å². The molecule has 142 valence electrons. The summed E-state index contributed by atoms with van der Waals surface area (Å²) in [4.78, 5) is 23.3. The Kier molecular flexibility index (Phi) is 11.2. The maximum atomic E-state index is 12.3. The van der Waals surface area contributed by atoms with Gasteiger partial charge in [-0.3, -0.25) is 4.79 Å². The highest BCUT2D eigenvalue weighted by Gasteiger charge is 2.38. The molecule has 0 bridgehead atoms. The van der Waals surface area contributed by atoms with Gasteiger partial charge in [0.05, 0.1) is 7.11 Å². The minimum Gasteiger partial charge on any atom is -0.466 e. The van der Waals surface area contributed by atoms with Crippen LogP contribution < -0.4 is 0 Å². The van der Waals surface area contributed by atoms with Gasteiger partial charge < -0.3 is 4.74 Å². The van der Waals surface area contributed by atoms with Crippen molar-refractivity contribution in [2.75, 3.05) is 7.11 Å². The molecule has 0 N–H and O–H groups in total. The van der Waals surface area contributed by atoms with E-state index in [1.165, 1.54) is 58.1 Å². The summed E-state index contributed by atoms with van der Waals surface area (Å²) in [6, 6.07) is 0. The number of methoxy groups -OCH3 is 1. The highest BCUT2D eigenvalue weighted by Crippen LogP contribution is 2.39. The van der Waals surface area contributed by atoms with Crippen LogP contribution in [0.1, 0.15) is 78.1 Å². The summed E-state index contributed by atoms with van der Waals surface area (Å²) in [6.07, 6.45) is 18.7. The monoisotopic (exact) mass is 348 g/mol. The molecule has 0 aliphatic heterocycles. The molecule has 1 fully saturated rings. The predicted molar refractivity (Wildman–Crippen MR) is 103 cm³/mol. The molecule has 0 radical (unpaired) electrons. The van der Waals surface area contributed by atoms with Crippen LogP contribution in [0, 0.1) is 17.8 Å². The molecule has 0 amide bonds. The number of Topliss-reactive ketones (excluding diaryl/α,β-unsaturated/α-hetero) is 1. The molecular formula is C22H36O3. The Balaban J connectivity index is 2.34. The van der Waals surface area contributed by atoms with Crippen LogP contribution in [0.4, 0.5) is 0 Å². The normalized spacial score (nSPS) is 23.8. The van der Waals surface area contributed by atoms with Crippen LogP contribution in [-0.4, -0.2) is 18.9 Å². The summed E-state index contributed by atoms with van der Waals surface area (Å²) in [7, 11) is 1.37. The van der Waals surface area contributed by atoms with Crippen LogP contribution in [0.15, 0.2) is 24.3 Å². The predicted octanol–water partition coefficient (Wildman–Crippen LogP) is 5.64. The van der Waals surface area contributed by atoms with Gasteiger partial charge in [-0.05, 0) is 31.1 Å². The molecule has 1 aliphatic carbocycles. The Hall–Kier alpha value is -1.38. The highest BCUT2D eigenvalue weighted by atomic mass is 16.5. The zero-order chi connectivity index (χ0) is 18.5. The summed E-state index contributed by atoms with van der Waals surface area (Å²) < 4.78 is 4.55. The van der Waals surface area contributed by atoms with Gasteiger partial charge in [0.2, 0.25) is 0 Å². The molecule has 3 heteroatoms. The maximum Gasteiger partial charge on any atom is 0.330 e. The maximum absolute atomic E-state index is 12.3. The van der Waals surface area contributed by atoms with Gasteiger partial charge in [-0.2, -0.15) is 0 Å². The number of hydrogen-bond acceptors (Lipinski definition) is 3. The van der Waals surface area contributed by atoms with E-state index in [1.54, 1.807) is 6.08 Å². The number of ether oxygens (including phenoxy) is 1. The van der Waals surface area contributed by atoms with Crippen LogP contribution in [0.3, 0.4) is 0 Å². The van der Waals surface area contributed by atoms with Gasteiger partial charge in [-0.15, -0.1) is 0 Å². The Bertz CT molecular complexity index is 450. The van der Waals surface area contributed by atoms with E-state index in [-0.39, 0.29) is 11.9 Å². The molecule has 1 rings (SSSR count). The molecule has 0 aromatic carbocycles. The van der Waals surface area contributed by atoms with Gasteiger partial charge in [0.25, 0.3) is 0 Å². The first-order valence-electron chi connectivity index (χ1n) is 10.0. The minimum atomic E-state index is -0.327. The van der Waals surface area contributed by atoms with Gasteiger partial charge in [-0.1, -0.05) is 70.6 Å². The number of rotatable bonds is 12. The number of hydrogen-bond donors (Lipinski definition) is 0. The second kappa shape index (κ2) is 12.9. The van der Waals surface area contributed by atoms with Crippen molar-refractivity contribution >= 4 is 11.8 Å². The van der Waals surface area contributed by atoms with Crippen molar-refractivity contribution in [1.82, 2.24) is 0 Å². The second-order valence-electron chi connectivity index (χ2n) is 7.34. The van der Waals surface area contributed by atoms with E-state index < -0.39 is 0 Å². The molecule has 25 heavy (non-hydrogen) atoms. The number of ketones is 1. The molecule has 0 heterocycles. The third-order valence-electron chi connectivity index (χ3n) is 5.36. The van der Waals surface area contributed by atoms with E-state index in [0.29, 0.717) is 24.0 Å². The van der Waals surface area contributed by atoms with Crippen LogP contribution >= 0.6 is 0 Å². The number of allylic oxidation sites excluding steroid dienone is 3. The zero-order valence-electron chi connectivity index (χ0n) is 16.3. The lowest BCUT2D eigenvalue weighted by molar-refractivity contribution is -0.134. The summed E-state index contributed by atoms with van der Waals surface area (Å²) in [5.41, 5.74) is 0. The molecular weight excluding hydrogens is 312 g/mol. The second-order valence-corrected chi connectivity index (χ2v) is 7.34. The molecule has 0 saturated heterocycles. The fourth-order valence-corrected chi connectivity index (χ4v) is 3.86. The van der Waals surface area contributed by atoms with Crippen molar-refractivity contribution in [3.05, 3.63) is 24.3 Å². The molecule has 0 aromatic rings. The van der Waals surface area contributed by atoms with Gasteiger partial charge in [0, 0.05) is 18.4 Å². The van der Waals surface area contributed by atoms with Gasteiger partial charge in [0.1, 0.15) is 5.78 Å². The number of esters is 1. The third kappa shape index (κ3) is 8.51. The minimum absolute atomic E-state index is 0.200. The van der Waals surface area contributed by atoms with Crippen molar-refractivity contribution in [2.45, 2.75) is 78.1 Å². The Labute approximate surface area is 153 Å². The SMILES string of the molecule is CCCCCCCC[C@H]1C(C)CC(=O)[C@@H]1C/C=C\C/C=C/C(=O)OC. The van der Waals surface area contributed by atoms with Gasteiger partial charge in [-0.25, -0.2) is 4.79 Å². The lowest BCUT2D eigenvalue weighted by Crippen LogP contribution is -2.16. The average Bonchev–Trinajstić information content (AvgIpc) is 2.87. The molecule has 0 aromatic heterocycles. The fraction of sp³-hybridized carbons (Fsp3) is 0.727. The molecule has 1 saturated carbocycles. The van der Waals surface area contributed by atoms with Gasteiger partial charge >= 0.3 is 5.97 Å². The third-order valence-corrected chi connectivity index (χ3v) is 5.36. The van der Waals surface area contributed by atoms with Crippen molar-refractivity contribution in [1.29, 1.82) is 0 Å². The highest BCUT2D eigenvalue weighted by molar-refractivity contribution is 5.84. The molecule has 0 spiro atoms. The first-order chi connectivity index (χ1) is 12.1. The Morgan fingerprint density at radius 3 is 2.56 bits per heavy atom. The molecule has 3 atom stereocenters. The summed E-state index contributed by atoms with van der Waals surface area (Å²) in [6.45, 7) is 4.48.